The molecule has 0 saturated carbocycles. The van der Waals surface area contributed by atoms with E-state index < -0.39 is 15.8 Å². The molecule has 0 N–H and O–H groups in total. The molecule has 0 bridgehead atoms. The second-order valence-electron chi connectivity index (χ2n) is 2.86. The Bertz CT molecular complexity index is 445. The van der Waals surface area contributed by atoms with Gasteiger partial charge in [0.05, 0.1) is 0 Å². The molecule has 14 heavy (non-hydrogen) atoms. The maximum atomic E-state index is 13.2. The molecule has 0 fully saturated rings. The van der Waals surface area contributed by atoms with Gasteiger partial charge in [-0.2, -0.15) is 0 Å². The third kappa shape index (κ3) is 2.13. The van der Waals surface area contributed by atoms with Gasteiger partial charge < -0.3 is 0 Å². The number of hydrogen-bond acceptors (Lipinski definition) is 2. The van der Waals surface area contributed by atoms with E-state index in [9.17, 15) is 12.8 Å². The van der Waals surface area contributed by atoms with E-state index in [1.165, 1.54) is 26.2 Å². The Morgan fingerprint density at radius 1 is 1.36 bits per heavy atom. The molecule has 0 amide bonds. The summed E-state index contributed by atoms with van der Waals surface area (Å²) < 4.78 is 37.8. The Labute approximate surface area is 90.7 Å². The van der Waals surface area contributed by atoms with E-state index in [2.05, 4.69) is 15.9 Å². The third-order valence-corrected chi connectivity index (χ3v) is 3.98. The van der Waals surface area contributed by atoms with Crippen LogP contribution in [0.1, 0.15) is 0 Å². The van der Waals surface area contributed by atoms with Gasteiger partial charge in [0, 0.05) is 18.6 Å². The molecule has 0 atom stereocenters. The fourth-order valence-corrected chi connectivity index (χ4v) is 2.37. The molecule has 0 spiro atoms. The summed E-state index contributed by atoms with van der Waals surface area (Å²) in [4.78, 5) is -0.322. The van der Waals surface area contributed by atoms with Gasteiger partial charge in [-0.25, -0.2) is 17.1 Å². The Balaban J connectivity index is 3.40. The average molecular weight is 282 g/mol. The summed E-state index contributed by atoms with van der Waals surface area (Å²) in [5.41, 5.74) is 0. The largest absolute Gasteiger partial charge is 0.245 e. The molecule has 0 aromatic heterocycles. The van der Waals surface area contributed by atoms with Gasteiger partial charge in [-0.05, 0) is 18.2 Å². The van der Waals surface area contributed by atoms with Gasteiger partial charge in [0.1, 0.15) is 10.7 Å². The molecule has 1 rings (SSSR count). The van der Waals surface area contributed by atoms with Crippen LogP contribution in [0.5, 0.6) is 0 Å². The van der Waals surface area contributed by atoms with Crippen LogP contribution in [0.25, 0.3) is 0 Å². The summed E-state index contributed by atoms with van der Waals surface area (Å²) in [6.07, 6.45) is 0. The van der Waals surface area contributed by atoms with E-state index in [4.69, 9.17) is 0 Å². The summed E-state index contributed by atoms with van der Waals surface area (Å²) >= 11 is 3.09. The second-order valence-corrected chi connectivity index (χ2v) is 5.90. The second kappa shape index (κ2) is 3.96. The van der Waals surface area contributed by atoms with Crippen LogP contribution < -0.4 is 0 Å². The topological polar surface area (TPSA) is 37.4 Å². The Kier molecular flexibility index (Phi) is 3.28. The summed E-state index contributed by atoms with van der Waals surface area (Å²) in [6.45, 7) is 0. The number of sulfonamides is 1. The molecule has 0 aliphatic heterocycles. The van der Waals surface area contributed by atoms with Crippen molar-refractivity contribution >= 4 is 26.0 Å². The average Bonchev–Trinajstić information content (AvgIpc) is 2.08. The van der Waals surface area contributed by atoms with Crippen LogP contribution in [-0.2, 0) is 10.0 Å². The zero-order valence-electron chi connectivity index (χ0n) is 7.66. The van der Waals surface area contributed by atoms with Crippen LogP contribution in [0, 0.1) is 5.82 Å². The van der Waals surface area contributed by atoms with Crippen molar-refractivity contribution in [3.8, 4) is 0 Å². The normalized spacial score (nSPS) is 12.1. The molecule has 1 aromatic carbocycles. The van der Waals surface area contributed by atoms with Gasteiger partial charge in [-0.15, -0.1) is 0 Å². The maximum Gasteiger partial charge on any atom is 0.245 e. The number of benzene rings is 1. The number of rotatable bonds is 2. The first kappa shape index (κ1) is 11.6. The molecule has 0 unspecified atom stereocenters. The minimum absolute atomic E-state index is 0.322. The van der Waals surface area contributed by atoms with Crippen LogP contribution in [0.4, 0.5) is 4.39 Å². The molecular weight excluding hydrogens is 273 g/mol. The molecule has 0 heterocycles. The van der Waals surface area contributed by atoms with Crippen LogP contribution >= 0.6 is 15.9 Å². The number of nitrogens with zero attached hydrogens (tertiary/aromatic N) is 1. The van der Waals surface area contributed by atoms with Gasteiger partial charge in [-0.1, -0.05) is 15.9 Å². The molecule has 3 nitrogen and oxygen atoms in total. The first-order valence-corrected chi connectivity index (χ1v) is 5.96. The first-order chi connectivity index (χ1) is 6.35. The van der Waals surface area contributed by atoms with Gasteiger partial charge in [0.2, 0.25) is 10.0 Å². The fraction of sp³-hybridized carbons (Fsp3) is 0.250. The van der Waals surface area contributed by atoms with Gasteiger partial charge in [0.25, 0.3) is 0 Å². The minimum atomic E-state index is -3.70. The van der Waals surface area contributed by atoms with Crippen LogP contribution in [-0.4, -0.2) is 26.8 Å². The highest BCUT2D eigenvalue weighted by Crippen LogP contribution is 2.21. The van der Waals surface area contributed by atoms with Gasteiger partial charge in [0.15, 0.2) is 0 Å². The predicted octanol–water partition coefficient (Wildman–Crippen LogP) is 1.84. The van der Waals surface area contributed by atoms with Crippen LogP contribution in [0.2, 0.25) is 0 Å². The molecule has 0 aliphatic rings. The smallest absolute Gasteiger partial charge is 0.207 e. The Morgan fingerprint density at radius 2 is 1.93 bits per heavy atom. The van der Waals surface area contributed by atoms with Crippen molar-refractivity contribution in [2.75, 3.05) is 14.1 Å². The van der Waals surface area contributed by atoms with Crippen molar-refractivity contribution < 1.29 is 12.8 Å². The van der Waals surface area contributed by atoms with E-state index in [-0.39, 0.29) is 4.90 Å². The molecule has 0 aliphatic carbocycles. The quantitative estimate of drug-likeness (QED) is 0.830. The van der Waals surface area contributed by atoms with E-state index >= 15 is 0 Å². The highest BCUT2D eigenvalue weighted by molar-refractivity contribution is 9.10. The SMILES string of the molecule is CN(C)S(=O)(=O)c1cc(Br)ccc1F. The van der Waals surface area contributed by atoms with Crippen molar-refractivity contribution in [3.63, 3.8) is 0 Å². The molecular formula is C8H9BrFNO2S. The highest BCUT2D eigenvalue weighted by Gasteiger charge is 2.21. The van der Waals surface area contributed by atoms with Crippen molar-refractivity contribution in [1.82, 2.24) is 4.31 Å². The Hall–Kier alpha value is -0.460. The predicted molar refractivity (Wildman–Crippen MR) is 55.0 cm³/mol. The van der Waals surface area contributed by atoms with Crippen molar-refractivity contribution in [3.05, 3.63) is 28.5 Å². The van der Waals surface area contributed by atoms with E-state index in [0.717, 1.165) is 10.4 Å². The summed E-state index contributed by atoms with van der Waals surface area (Å²) in [5, 5.41) is 0. The summed E-state index contributed by atoms with van der Waals surface area (Å²) in [7, 11) is -0.988. The number of hydrogen-bond donors (Lipinski definition) is 0. The molecule has 0 radical (unpaired) electrons. The minimum Gasteiger partial charge on any atom is -0.207 e. The lowest BCUT2D eigenvalue weighted by molar-refractivity contribution is 0.508. The maximum absolute atomic E-state index is 13.2. The van der Waals surface area contributed by atoms with Crippen LogP contribution in [0.3, 0.4) is 0 Å². The lowest BCUT2D eigenvalue weighted by atomic mass is 10.3. The lowest BCUT2D eigenvalue weighted by Gasteiger charge is -2.11. The monoisotopic (exact) mass is 281 g/mol. The van der Waals surface area contributed by atoms with Gasteiger partial charge in [-0.3, -0.25) is 0 Å². The van der Waals surface area contributed by atoms with Crippen LogP contribution in [0.15, 0.2) is 27.6 Å². The van der Waals surface area contributed by atoms with Crippen molar-refractivity contribution in [1.29, 1.82) is 0 Å². The summed E-state index contributed by atoms with van der Waals surface area (Å²) in [6, 6.07) is 3.80. The van der Waals surface area contributed by atoms with Crippen molar-refractivity contribution in [2.24, 2.45) is 0 Å². The first-order valence-electron chi connectivity index (χ1n) is 3.73. The highest BCUT2D eigenvalue weighted by atomic mass is 79.9. The standard InChI is InChI=1S/C8H9BrFNO2S/c1-11(2)14(12,13)8-5-6(9)3-4-7(8)10/h3-5H,1-2H3. The number of halogens is 2. The fourth-order valence-electron chi connectivity index (χ4n) is 0.872. The lowest BCUT2D eigenvalue weighted by Crippen LogP contribution is -2.23. The zero-order chi connectivity index (χ0) is 10.9. The zero-order valence-corrected chi connectivity index (χ0v) is 10.1. The summed E-state index contributed by atoms with van der Waals surface area (Å²) in [5.74, 6) is -0.748. The van der Waals surface area contributed by atoms with E-state index in [1.54, 1.807) is 0 Å². The molecule has 78 valence electrons. The third-order valence-electron chi connectivity index (χ3n) is 1.65. The van der Waals surface area contributed by atoms with E-state index in [0.29, 0.717) is 4.47 Å². The molecule has 0 saturated heterocycles. The van der Waals surface area contributed by atoms with Gasteiger partial charge >= 0.3 is 0 Å². The molecule has 1 aromatic rings. The van der Waals surface area contributed by atoms with Crippen molar-refractivity contribution in [2.45, 2.75) is 4.90 Å². The Morgan fingerprint density at radius 3 is 2.43 bits per heavy atom. The molecule has 6 heteroatoms. The van der Waals surface area contributed by atoms with E-state index in [1.807, 2.05) is 0 Å².